The van der Waals surface area contributed by atoms with Gasteiger partial charge in [0.25, 0.3) is 0 Å². The molecule has 0 radical (unpaired) electrons. The Balaban J connectivity index is 3.08. The molecule has 0 aromatic carbocycles. The summed E-state index contributed by atoms with van der Waals surface area (Å²) in [6.45, 7) is 4.21. The van der Waals surface area contributed by atoms with Gasteiger partial charge in [0.2, 0.25) is 0 Å². The smallest absolute Gasteiger partial charge is 0.167 e. The number of pyridine rings is 1. The van der Waals surface area contributed by atoms with Gasteiger partial charge in [0.1, 0.15) is 18.7 Å². The molecule has 0 amide bonds. The van der Waals surface area contributed by atoms with Crippen LogP contribution < -0.4 is 10.8 Å². The molecule has 1 heterocycles. The Morgan fingerprint density at radius 2 is 2.43 bits per heavy atom. The zero-order valence-electron chi connectivity index (χ0n) is 7.88. The van der Waals surface area contributed by atoms with Crippen molar-refractivity contribution in [3.8, 4) is 0 Å². The topological polar surface area (TPSA) is 42.0 Å². The Kier molecular flexibility index (Phi) is 3.71. The van der Waals surface area contributed by atoms with Crippen LogP contribution in [0.3, 0.4) is 0 Å². The maximum Gasteiger partial charge on any atom is 0.167 e. The lowest BCUT2D eigenvalue weighted by atomic mass is 9.92. The van der Waals surface area contributed by atoms with Gasteiger partial charge in [-0.15, -0.1) is 6.58 Å². The minimum Gasteiger partial charge on any atom is -0.382 e. The quantitative estimate of drug-likeness (QED) is 0.337. The standard InChI is InChI=1S/C9H10BClN2O/c1-2-3-12-6-4-8(11)13-7(5-14)9(6)10/h2,4-5H,1,3,10H2,(H,12,13). The number of halogens is 1. The van der Waals surface area contributed by atoms with E-state index in [1.165, 1.54) is 0 Å². The highest BCUT2D eigenvalue weighted by Crippen LogP contribution is 2.11. The molecule has 1 aromatic rings. The zero-order valence-corrected chi connectivity index (χ0v) is 8.64. The Bertz CT molecular complexity index is 368. The summed E-state index contributed by atoms with van der Waals surface area (Å²) in [5, 5.41) is 3.39. The molecule has 1 aromatic heterocycles. The second kappa shape index (κ2) is 4.81. The number of carbonyl (C=O) groups is 1. The van der Waals surface area contributed by atoms with E-state index in [-0.39, 0.29) is 0 Å². The first kappa shape index (κ1) is 10.8. The summed E-state index contributed by atoms with van der Waals surface area (Å²) in [5.41, 5.74) is 1.97. The Morgan fingerprint density at radius 3 is 3.00 bits per heavy atom. The van der Waals surface area contributed by atoms with Crippen LogP contribution in [-0.2, 0) is 0 Å². The highest BCUT2D eigenvalue weighted by atomic mass is 35.5. The molecule has 0 aliphatic rings. The third-order valence-corrected chi connectivity index (χ3v) is 2.02. The second-order valence-corrected chi connectivity index (χ2v) is 3.18. The van der Waals surface area contributed by atoms with Gasteiger partial charge >= 0.3 is 0 Å². The van der Waals surface area contributed by atoms with Crippen molar-refractivity contribution in [1.29, 1.82) is 0 Å². The van der Waals surface area contributed by atoms with Crippen LogP contribution in [0.2, 0.25) is 5.15 Å². The van der Waals surface area contributed by atoms with E-state index >= 15 is 0 Å². The molecule has 0 saturated heterocycles. The molecule has 14 heavy (non-hydrogen) atoms. The lowest BCUT2D eigenvalue weighted by molar-refractivity contribution is 0.112. The second-order valence-electron chi connectivity index (χ2n) is 2.79. The van der Waals surface area contributed by atoms with Crippen LogP contribution in [0.5, 0.6) is 0 Å². The van der Waals surface area contributed by atoms with Gasteiger partial charge in [-0.25, -0.2) is 4.98 Å². The van der Waals surface area contributed by atoms with Crippen LogP contribution in [0.25, 0.3) is 0 Å². The van der Waals surface area contributed by atoms with Crippen LogP contribution in [0.4, 0.5) is 5.69 Å². The number of hydrogen-bond acceptors (Lipinski definition) is 3. The number of anilines is 1. The Labute approximate surface area is 88.6 Å². The van der Waals surface area contributed by atoms with E-state index in [1.54, 1.807) is 12.1 Å². The van der Waals surface area contributed by atoms with Gasteiger partial charge in [0.05, 0.1) is 0 Å². The highest BCUT2D eigenvalue weighted by molar-refractivity contribution is 6.39. The number of hydrogen-bond donors (Lipinski definition) is 1. The Morgan fingerprint density at radius 1 is 1.71 bits per heavy atom. The van der Waals surface area contributed by atoms with Gasteiger partial charge in [-0.3, -0.25) is 4.79 Å². The first-order chi connectivity index (χ1) is 6.69. The molecule has 0 bridgehead atoms. The number of aromatic nitrogens is 1. The Hall–Kier alpha value is -1.29. The summed E-state index contributed by atoms with van der Waals surface area (Å²) in [4.78, 5) is 14.5. The molecular formula is C9H10BClN2O. The summed E-state index contributed by atoms with van der Waals surface area (Å²) in [6, 6.07) is 1.69. The normalized spacial score (nSPS) is 9.50. The maximum atomic E-state index is 10.6. The van der Waals surface area contributed by atoms with E-state index in [0.717, 1.165) is 11.2 Å². The molecule has 0 spiro atoms. The summed E-state index contributed by atoms with van der Waals surface area (Å²) < 4.78 is 0. The average Bonchev–Trinajstić information content (AvgIpc) is 2.18. The predicted octanol–water partition coefficient (Wildman–Crippen LogP) is 0.404. The van der Waals surface area contributed by atoms with Crippen LogP contribution in [-0.4, -0.2) is 25.7 Å². The molecule has 0 unspecified atom stereocenters. The van der Waals surface area contributed by atoms with Crippen LogP contribution >= 0.6 is 11.6 Å². The molecule has 0 atom stereocenters. The number of rotatable bonds is 4. The van der Waals surface area contributed by atoms with Crippen molar-refractivity contribution in [1.82, 2.24) is 4.98 Å². The van der Waals surface area contributed by atoms with Crippen molar-refractivity contribution in [2.45, 2.75) is 0 Å². The van der Waals surface area contributed by atoms with Crippen molar-refractivity contribution < 1.29 is 4.79 Å². The minimum absolute atomic E-state index is 0.310. The lowest BCUT2D eigenvalue weighted by Crippen LogP contribution is -2.18. The van der Waals surface area contributed by atoms with Gasteiger partial charge in [-0.2, -0.15) is 0 Å². The van der Waals surface area contributed by atoms with Gasteiger partial charge in [0.15, 0.2) is 6.29 Å². The van der Waals surface area contributed by atoms with Gasteiger partial charge in [0, 0.05) is 12.2 Å². The van der Waals surface area contributed by atoms with Crippen LogP contribution in [0.1, 0.15) is 10.5 Å². The van der Waals surface area contributed by atoms with Crippen molar-refractivity contribution >= 4 is 36.9 Å². The van der Waals surface area contributed by atoms with E-state index in [9.17, 15) is 4.79 Å². The third-order valence-electron chi connectivity index (χ3n) is 1.83. The molecule has 5 heteroatoms. The van der Waals surface area contributed by atoms with E-state index in [1.807, 2.05) is 7.85 Å². The molecule has 0 fully saturated rings. The van der Waals surface area contributed by atoms with Gasteiger partial charge in [-0.1, -0.05) is 17.7 Å². The third kappa shape index (κ3) is 2.36. The minimum atomic E-state index is 0.310. The van der Waals surface area contributed by atoms with E-state index in [2.05, 4.69) is 16.9 Å². The lowest BCUT2D eigenvalue weighted by Gasteiger charge is -2.09. The first-order valence-corrected chi connectivity index (χ1v) is 4.54. The molecule has 3 nitrogen and oxygen atoms in total. The predicted molar refractivity (Wildman–Crippen MR) is 61.5 cm³/mol. The maximum absolute atomic E-state index is 10.6. The van der Waals surface area contributed by atoms with Gasteiger partial charge in [-0.05, 0) is 11.5 Å². The number of nitrogens with one attached hydrogen (secondary N) is 1. The number of aldehydes is 1. The molecule has 72 valence electrons. The van der Waals surface area contributed by atoms with E-state index in [4.69, 9.17) is 11.6 Å². The van der Waals surface area contributed by atoms with Crippen LogP contribution in [0.15, 0.2) is 18.7 Å². The fourth-order valence-corrected chi connectivity index (χ4v) is 1.28. The van der Waals surface area contributed by atoms with Crippen molar-refractivity contribution in [3.63, 3.8) is 0 Å². The van der Waals surface area contributed by atoms with E-state index in [0.29, 0.717) is 23.7 Å². The largest absolute Gasteiger partial charge is 0.382 e. The van der Waals surface area contributed by atoms with Crippen molar-refractivity contribution in [2.75, 3.05) is 11.9 Å². The zero-order chi connectivity index (χ0) is 10.6. The molecule has 0 aliphatic carbocycles. The monoisotopic (exact) mass is 208 g/mol. The van der Waals surface area contributed by atoms with Crippen molar-refractivity contribution in [3.05, 3.63) is 29.6 Å². The molecule has 1 N–H and O–H groups in total. The number of nitrogens with zero attached hydrogens (tertiary/aromatic N) is 1. The highest BCUT2D eigenvalue weighted by Gasteiger charge is 2.05. The average molecular weight is 208 g/mol. The fourth-order valence-electron chi connectivity index (χ4n) is 1.08. The summed E-state index contributed by atoms with van der Waals surface area (Å²) in [6.07, 6.45) is 2.43. The molecule has 0 aliphatic heterocycles. The van der Waals surface area contributed by atoms with Gasteiger partial charge < -0.3 is 5.32 Å². The van der Waals surface area contributed by atoms with Crippen molar-refractivity contribution in [2.24, 2.45) is 0 Å². The summed E-state index contributed by atoms with van der Waals surface area (Å²) in [5.74, 6) is 0. The van der Waals surface area contributed by atoms with E-state index < -0.39 is 0 Å². The fraction of sp³-hybridized carbons (Fsp3) is 0.111. The summed E-state index contributed by atoms with van der Waals surface area (Å²) >= 11 is 5.74. The molecular weight excluding hydrogens is 198 g/mol. The first-order valence-electron chi connectivity index (χ1n) is 4.16. The summed E-state index contributed by atoms with van der Waals surface area (Å²) in [7, 11) is 1.82. The van der Waals surface area contributed by atoms with Crippen LogP contribution in [0, 0.1) is 0 Å². The molecule has 0 saturated carbocycles. The molecule has 1 rings (SSSR count). The SMILES string of the molecule is Bc1c(NCC=C)cc(Cl)nc1C=O. The number of carbonyl (C=O) groups excluding carboxylic acids is 1.